The molecule has 6 nitrogen and oxygen atoms in total. The molecule has 0 radical (unpaired) electrons. The molecular weight excluding hydrogens is 430 g/mol. The molecule has 1 N–H and O–H groups in total. The molecule has 4 aromatic rings. The minimum Gasteiger partial charge on any atom is -0.361 e. The Morgan fingerprint density at radius 3 is 2.58 bits per heavy atom. The zero-order chi connectivity index (χ0) is 22.3. The van der Waals surface area contributed by atoms with E-state index in [9.17, 15) is 4.79 Å². The van der Waals surface area contributed by atoms with Gasteiger partial charge in [0, 0.05) is 48.8 Å². The zero-order valence-corrected chi connectivity index (χ0v) is 19.4. The molecule has 2 fully saturated rings. The van der Waals surface area contributed by atoms with Gasteiger partial charge in [0.2, 0.25) is 11.0 Å². The molecule has 168 valence electrons. The smallest absolute Gasteiger partial charge is 0.229 e. The average molecular weight is 458 g/mol. The molecule has 0 bridgehead atoms. The predicted octanol–water partition coefficient (Wildman–Crippen LogP) is 5.10. The Labute approximate surface area is 197 Å². The van der Waals surface area contributed by atoms with Gasteiger partial charge in [-0.1, -0.05) is 59.9 Å². The van der Waals surface area contributed by atoms with Crippen LogP contribution in [-0.2, 0) is 11.3 Å². The highest BCUT2D eigenvalue weighted by atomic mass is 32.1. The van der Waals surface area contributed by atoms with Crippen LogP contribution in [0.25, 0.3) is 21.5 Å². The lowest BCUT2D eigenvalue weighted by atomic mass is 9.71. The van der Waals surface area contributed by atoms with E-state index < -0.39 is 0 Å². The number of nitrogens with one attached hydrogen (secondary N) is 1. The van der Waals surface area contributed by atoms with Gasteiger partial charge in [-0.15, -0.1) is 10.2 Å². The summed E-state index contributed by atoms with van der Waals surface area (Å²) in [6.45, 7) is 3.25. The molecule has 2 saturated heterocycles. The van der Waals surface area contributed by atoms with Crippen molar-refractivity contribution in [2.45, 2.75) is 32.2 Å². The van der Waals surface area contributed by atoms with Crippen LogP contribution in [0.2, 0.25) is 0 Å². The third-order valence-electron chi connectivity index (χ3n) is 7.29. The van der Waals surface area contributed by atoms with Gasteiger partial charge in [-0.05, 0) is 37.3 Å². The zero-order valence-electron chi connectivity index (χ0n) is 18.5. The number of carbonyl (C=O) groups excluding carboxylic acids is 1. The summed E-state index contributed by atoms with van der Waals surface area (Å²) in [6, 6.07) is 18.5. The van der Waals surface area contributed by atoms with E-state index in [1.807, 2.05) is 24.3 Å². The average Bonchev–Trinajstić information content (AvgIpc) is 3.51. The molecule has 2 aromatic heterocycles. The first-order valence-electron chi connectivity index (χ1n) is 11.7. The van der Waals surface area contributed by atoms with Gasteiger partial charge in [0.15, 0.2) is 0 Å². The van der Waals surface area contributed by atoms with Gasteiger partial charge in [0.05, 0.1) is 5.41 Å². The third-order valence-corrected chi connectivity index (χ3v) is 8.32. The first-order chi connectivity index (χ1) is 16.2. The Kier molecular flexibility index (Phi) is 5.14. The lowest BCUT2D eigenvalue weighted by Gasteiger charge is -2.46. The number of hydrogen-bond acceptors (Lipinski definition) is 5. The van der Waals surface area contributed by atoms with Crippen LogP contribution in [0.5, 0.6) is 0 Å². The molecule has 7 heteroatoms. The fourth-order valence-electron chi connectivity index (χ4n) is 5.40. The van der Waals surface area contributed by atoms with E-state index in [0.717, 1.165) is 66.5 Å². The molecule has 2 aliphatic rings. The van der Waals surface area contributed by atoms with Crippen molar-refractivity contribution >= 4 is 33.3 Å². The van der Waals surface area contributed by atoms with E-state index in [1.165, 1.54) is 10.9 Å². The maximum absolute atomic E-state index is 13.7. The van der Waals surface area contributed by atoms with Crippen LogP contribution in [0, 0.1) is 5.41 Å². The van der Waals surface area contributed by atoms with Crippen molar-refractivity contribution in [3.05, 3.63) is 66.4 Å². The molecule has 0 aliphatic carbocycles. The Bertz CT molecular complexity index is 1270. The van der Waals surface area contributed by atoms with Crippen molar-refractivity contribution in [3.63, 3.8) is 0 Å². The largest absolute Gasteiger partial charge is 0.361 e. The maximum Gasteiger partial charge on any atom is 0.229 e. The topological polar surface area (TPSA) is 65.1 Å². The Morgan fingerprint density at radius 2 is 1.73 bits per heavy atom. The summed E-state index contributed by atoms with van der Waals surface area (Å²) in [5.74, 6) is 0.334. The second-order valence-electron chi connectivity index (χ2n) is 9.21. The van der Waals surface area contributed by atoms with E-state index in [0.29, 0.717) is 12.5 Å². The fraction of sp³-hybridized carbons (Fsp3) is 0.346. The summed E-state index contributed by atoms with van der Waals surface area (Å²) < 4.78 is 0. The van der Waals surface area contributed by atoms with Gasteiger partial charge < -0.3 is 14.8 Å². The monoisotopic (exact) mass is 457 g/mol. The highest BCUT2D eigenvalue weighted by molar-refractivity contribution is 7.18. The Balaban J connectivity index is 1.15. The van der Waals surface area contributed by atoms with E-state index in [1.54, 1.807) is 11.3 Å². The first kappa shape index (κ1) is 20.4. The molecule has 6 rings (SSSR count). The summed E-state index contributed by atoms with van der Waals surface area (Å²) in [4.78, 5) is 21.4. The Morgan fingerprint density at radius 1 is 0.939 bits per heavy atom. The minimum atomic E-state index is -0.228. The van der Waals surface area contributed by atoms with Crippen LogP contribution < -0.4 is 4.90 Å². The number of benzene rings is 2. The molecule has 1 amide bonds. The number of carbonyl (C=O) groups is 1. The van der Waals surface area contributed by atoms with E-state index >= 15 is 0 Å². The first-order valence-corrected chi connectivity index (χ1v) is 12.5. The number of rotatable bonds is 4. The van der Waals surface area contributed by atoms with Crippen molar-refractivity contribution < 1.29 is 4.79 Å². The van der Waals surface area contributed by atoms with Gasteiger partial charge in [-0.25, -0.2) is 0 Å². The molecule has 1 spiro atoms. The van der Waals surface area contributed by atoms with Crippen molar-refractivity contribution in [3.8, 4) is 10.6 Å². The van der Waals surface area contributed by atoms with Crippen molar-refractivity contribution in [1.82, 2.24) is 20.1 Å². The molecular formula is C26H27N5OS. The van der Waals surface area contributed by atoms with Crippen molar-refractivity contribution in [1.29, 1.82) is 0 Å². The highest BCUT2D eigenvalue weighted by Gasteiger charge is 2.46. The van der Waals surface area contributed by atoms with Crippen molar-refractivity contribution in [2.24, 2.45) is 5.41 Å². The number of anilines is 1. The standard InChI is InChI=1S/C26H27N5OS/c32-24-26(11-6-14-31(24)18-20-17-27-22-10-5-4-9-21(20)22)12-15-30(16-13-26)25-29-28-23(33-25)19-7-2-1-3-8-19/h1-5,7-10,17,27H,6,11-16,18H2. The fourth-order valence-corrected chi connectivity index (χ4v) is 6.30. The van der Waals surface area contributed by atoms with Crippen LogP contribution >= 0.6 is 11.3 Å². The van der Waals surface area contributed by atoms with Crippen LogP contribution in [0.15, 0.2) is 60.8 Å². The summed E-state index contributed by atoms with van der Waals surface area (Å²) in [7, 11) is 0. The van der Waals surface area contributed by atoms with Gasteiger partial charge in [-0.3, -0.25) is 4.79 Å². The van der Waals surface area contributed by atoms with Crippen LogP contribution in [0.4, 0.5) is 5.13 Å². The number of nitrogens with zero attached hydrogens (tertiary/aromatic N) is 4. The number of hydrogen-bond donors (Lipinski definition) is 1. The molecule has 33 heavy (non-hydrogen) atoms. The third kappa shape index (κ3) is 3.70. The summed E-state index contributed by atoms with van der Waals surface area (Å²) in [5, 5.41) is 12.0. The second-order valence-corrected chi connectivity index (χ2v) is 10.2. The van der Waals surface area contributed by atoms with Crippen LogP contribution in [0.1, 0.15) is 31.2 Å². The number of fused-ring (bicyclic) bond motifs is 1. The highest BCUT2D eigenvalue weighted by Crippen LogP contribution is 2.43. The normalized spacial score (nSPS) is 18.4. The Hall–Kier alpha value is -3.19. The summed E-state index contributed by atoms with van der Waals surface area (Å²) in [5.41, 5.74) is 3.21. The van der Waals surface area contributed by atoms with E-state index in [2.05, 4.69) is 61.5 Å². The quantitative estimate of drug-likeness (QED) is 0.463. The lowest BCUT2D eigenvalue weighted by Crippen LogP contribution is -2.53. The summed E-state index contributed by atoms with van der Waals surface area (Å²) >= 11 is 1.64. The molecule has 2 aliphatic heterocycles. The van der Waals surface area contributed by atoms with E-state index in [4.69, 9.17) is 0 Å². The maximum atomic E-state index is 13.7. The van der Waals surface area contributed by atoms with Crippen LogP contribution in [0.3, 0.4) is 0 Å². The van der Waals surface area contributed by atoms with Gasteiger partial charge >= 0.3 is 0 Å². The number of H-pyrrole nitrogens is 1. The number of amides is 1. The summed E-state index contributed by atoms with van der Waals surface area (Å²) in [6.07, 6.45) is 5.90. The number of likely N-dealkylation sites (tertiary alicyclic amines) is 1. The van der Waals surface area contributed by atoms with Gasteiger partial charge in [0.1, 0.15) is 5.01 Å². The molecule has 0 saturated carbocycles. The minimum absolute atomic E-state index is 0.228. The molecule has 4 heterocycles. The van der Waals surface area contributed by atoms with Crippen LogP contribution in [-0.4, -0.2) is 45.6 Å². The van der Waals surface area contributed by atoms with Gasteiger partial charge in [0.25, 0.3) is 0 Å². The van der Waals surface area contributed by atoms with E-state index in [-0.39, 0.29) is 5.41 Å². The predicted molar refractivity (Wildman–Crippen MR) is 132 cm³/mol. The molecule has 0 unspecified atom stereocenters. The lowest BCUT2D eigenvalue weighted by molar-refractivity contribution is -0.148. The number of para-hydroxylation sites is 1. The van der Waals surface area contributed by atoms with Crippen molar-refractivity contribution in [2.75, 3.05) is 24.5 Å². The molecule has 0 atom stereocenters. The molecule has 2 aromatic carbocycles. The number of aromatic amines is 1. The number of piperidine rings is 2. The number of aromatic nitrogens is 3. The second kappa shape index (κ2) is 8.30. The van der Waals surface area contributed by atoms with Gasteiger partial charge in [-0.2, -0.15) is 0 Å². The SMILES string of the molecule is O=C1N(Cc2c[nH]c3ccccc23)CCCC12CCN(c1nnc(-c3ccccc3)s1)CC2.